The molecule has 4 nitrogen and oxygen atoms in total. The van der Waals surface area contributed by atoms with Crippen molar-refractivity contribution < 1.29 is 19.1 Å². The number of hydrogen-bond donors (Lipinski definition) is 0. The van der Waals surface area contributed by atoms with E-state index >= 15 is 0 Å². The number of fused-ring (bicyclic) bond motifs is 3. The summed E-state index contributed by atoms with van der Waals surface area (Å²) in [5.41, 5.74) is 7.20. The third-order valence-electron chi connectivity index (χ3n) is 7.37. The van der Waals surface area contributed by atoms with E-state index in [-0.39, 0.29) is 38.0 Å². The number of carbonyl (C=O) groups excluding carboxylic acids is 2. The molecule has 186 valence electrons. The van der Waals surface area contributed by atoms with Crippen LogP contribution >= 0.6 is 0 Å². The van der Waals surface area contributed by atoms with Gasteiger partial charge in [-0.15, -0.1) is 0 Å². The molecule has 0 bridgehead atoms. The Morgan fingerprint density at radius 2 is 0.946 bits per heavy atom. The second-order valence-electron chi connectivity index (χ2n) is 9.70. The summed E-state index contributed by atoms with van der Waals surface area (Å²) in [6, 6.07) is 31.7. The van der Waals surface area contributed by atoms with Crippen LogP contribution < -0.4 is 0 Å². The summed E-state index contributed by atoms with van der Waals surface area (Å²) in [4.78, 5) is 26.7. The van der Waals surface area contributed by atoms with Crippen molar-refractivity contribution in [2.75, 3.05) is 0 Å². The Hall–Kier alpha value is -4.18. The lowest BCUT2D eigenvalue weighted by atomic mass is 9.73. The van der Waals surface area contributed by atoms with Gasteiger partial charge in [0.25, 0.3) is 0 Å². The maximum absolute atomic E-state index is 13.3. The van der Waals surface area contributed by atoms with E-state index in [0.29, 0.717) is 0 Å². The van der Waals surface area contributed by atoms with Crippen LogP contribution in [0.1, 0.15) is 46.2 Å². The molecule has 0 radical (unpaired) electrons. The molecule has 4 aromatic carbocycles. The topological polar surface area (TPSA) is 52.6 Å². The van der Waals surface area contributed by atoms with Crippen molar-refractivity contribution in [2.45, 2.75) is 45.3 Å². The molecule has 37 heavy (non-hydrogen) atoms. The second-order valence-corrected chi connectivity index (χ2v) is 9.70. The average molecular weight is 491 g/mol. The zero-order valence-electron chi connectivity index (χ0n) is 21.2. The van der Waals surface area contributed by atoms with E-state index in [0.717, 1.165) is 44.5 Å². The summed E-state index contributed by atoms with van der Waals surface area (Å²) in [5.74, 6) is -0.692. The number of aryl methyl sites for hydroxylation is 2. The van der Waals surface area contributed by atoms with Crippen LogP contribution in [0.5, 0.6) is 0 Å². The van der Waals surface area contributed by atoms with Crippen molar-refractivity contribution in [2.24, 2.45) is 0 Å². The maximum atomic E-state index is 13.3. The lowest BCUT2D eigenvalue weighted by Gasteiger charge is -2.30. The second kappa shape index (κ2) is 10.4. The third-order valence-corrected chi connectivity index (χ3v) is 7.37. The molecule has 0 saturated heterocycles. The minimum Gasteiger partial charge on any atom is -0.461 e. The SMILES string of the molecule is Cc1ccccc1COC(=O)CC1(CC(=O)OCc2ccccc2C)c2ccccc2-c2ccccc21. The Kier molecular flexibility index (Phi) is 6.91. The molecule has 5 rings (SSSR count). The minimum atomic E-state index is -0.862. The van der Waals surface area contributed by atoms with Crippen LogP contribution in [-0.2, 0) is 37.7 Å². The van der Waals surface area contributed by atoms with E-state index < -0.39 is 5.41 Å². The Morgan fingerprint density at radius 3 is 1.38 bits per heavy atom. The Bertz CT molecular complexity index is 1340. The molecular formula is C33H30O4. The first-order chi connectivity index (χ1) is 18.0. The summed E-state index contributed by atoms with van der Waals surface area (Å²) in [6.07, 6.45) is 0.0960. The normalized spacial score (nSPS) is 12.9. The maximum Gasteiger partial charge on any atom is 0.307 e. The van der Waals surface area contributed by atoms with E-state index in [1.54, 1.807) is 0 Å². The van der Waals surface area contributed by atoms with Gasteiger partial charge in [0.1, 0.15) is 13.2 Å². The third kappa shape index (κ3) is 4.92. The summed E-state index contributed by atoms with van der Waals surface area (Å²) in [6.45, 7) is 4.39. The fraction of sp³-hybridized carbons (Fsp3) is 0.212. The van der Waals surface area contributed by atoms with Gasteiger partial charge in [-0.25, -0.2) is 0 Å². The van der Waals surface area contributed by atoms with Crippen molar-refractivity contribution in [3.63, 3.8) is 0 Å². The quantitative estimate of drug-likeness (QED) is 0.254. The molecule has 1 aliphatic carbocycles. The first-order valence-electron chi connectivity index (χ1n) is 12.6. The van der Waals surface area contributed by atoms with Crippen molar-refractivity contribution in [3.05, 3.63) is 130 Å². The smallest absolute Gasteiger partial charge is 0.307 e. The molecule has 0 atom stereocenters. The molecule has 0 amide bonds. The van der Waals surface area contributed by atoms with Crippen LogP contribution in [0.4, 0.5) is 0 Å². The first kappa shape index (κ1) is 24.5. The van der Waals surface area contributed by atoms with Crippen LogP contribution in [0, 0.1) is 13.8 Å². The molecule has 0 N–H and O–H groups in total. The number of rotatable bonds is 8. The van der Waals surface area contributed by atoms with Crippen LogP contribution in [0.15, 0.2) is 97.1 Å². The summed E-state index contributed by atoms with van der Waals surface area (Å²) >= 11 is 0. The Balaban J connectivity index is 1.44. The fourth-order valence-electron chi connectivity index (χ4n) is 5.31. The molecular weight excluding hydrogens is 460 g/mol. The van der Waals surface area contributed by atoms with Gasteiger partial charge in [0.05, 0.1) is 12.8 Å². The van der Waals surface area contributed by atoms with Crippen LogP contribution in [0.2, 0.25) is 0 Å². The highest BCUT2D eigenvalue weighted by Crippen LogP contribution is 2.53. The van der Waals surface area contributed by atoms with E-state index in [1.807, 2.05) is 111 Å². The van der Waals surface area contributed by atoms with Crippen molar-refractivity contribution in [1.29, 1.82) is 0 Å². The van der Waals surface area contributed by atoms with Gasteiger partial charge >= 0.3 is 11.9 Å². The van der Waals surface area contributed by atoms with E-state index in [9.17, 15) is 9.59 Å². The monoisotopic (exact) mass is 490 g/mol. The summed E-state index contributed by atoms with van der Waals surface area (Å²) in [5, 5.41) is 0. The highest BCUT2D eigenvalue weighted by Gasteiger charge is 2.46. The van der Waals surface area contributed by atoms with Crippen molar-refractivity contribution in [3.8, 4) is 11.1 Å². The van der Waals surface area contributed by atoms with Gasteiger partial charge in [-0.3, -0.25) is 9.59 Å². The lowest BCUT2D eigenvalue weighted by molar-refractivity contribution is -0.149. The van der Waals surface area contributed by atoms with E-state index in [4.69, 9.17) is 9.47 Å². The predicted molar refractivity (Wildman–Crippen MR) is 144 cm³/mol. The van der Waals surface area contributed by atoms with Gasteiger partial charge in [-0.1, -0.05) is 97.1 Å². The standard InChI is InChI=1S/C33H30O4/c1-23-11-3-5-13-25(23)21-36-31(34)19-33(20-32(35)37-22-26-14-6-4-12-24(26)2)29-17-9-7-15-27(29)28-16-8-10-18-30(28)33/h3-18H,19-22H2,1-2H3. The van der Waals surface area contributed by atoms with Crippen molar-refractivity contribution in [1.82, 2.24) is 0 Å². The van der Waals surface area contributed by atoms with Gasteiger partial charge in [0, 0.05) is 5.41 Å². The number of esters is 2. The highest BCUT2D eigenvalue weighted by atomic mass is 16.5. The minimum absolute atomic E-state index is 0.0480. The molecule has 0 fully saturated rings. The summed E-state index contributed by atoms with van der Waals surface area (Å²) < 4.78 is 11.5. The van der Waals surface area contributed by atoms with Crippen LogP contribution in [-0.4, -0.2) is 11.9 Å². The van der Waals surface area contributed by atoms with Gasteiger partial charge in [0.2, 0.25) is 0 Å². The van der Waals surface area contributed by atoms with Gasteiger partial charge in [0.15, 0.2) is 0 Å². The Morgan fingerprint density at radius 1 is 0.568 bits per heavy atom. The molecule has 0 aromatic heterocycles. The largest absolute Gasteiger partial charge is 0.461 e. The van der Waals surface area contributed by atoms with Crippen LogP contribution in [0.3, 0.4) is 0 Å². The predicted octanol–water partition coefficient (Wildman–Crippen LogP) is 6.84. The molecule has 1 aliphatic rings. The molecule has 0 heterocycles. The number of ether oxygens (including phenoxy) is 2. The zero-order chi connectivity index (χ0) is 25.8. The molecule has 4 aromatic rings. The highest BCUT2D eigenvalue weighted by molar-refractivity contribution is 5.88. The molecule has 0 spiro atoms. The number of hydrogen-bond acceptors (Lipinski definition) is 4. The zero-order valence-corrected chi connectivity index (χ0v) is 21.2. The van der Waals surface area contributed by atoms with Gasteiger partial charge in [-0.2, -0.15) is 0 Å². The molecule has 4 heteroatoms. The van der Waals surface area contributed by atoms with Gasteiger partial charge < -0.3 is 9.47 Å². The van der Waals surface area contributed by atoms with Gasteiger partial charge in [-0.05, 0) is 58.4 Å². The molecule has 0 aliphatic heterocycles. The van der Waals surface area contributed by atoms with Crippen molar-refractivity contribution >= 4 is 11.9 Å². The summed E-state index contributed by atoms with van der Waals surface area (Å²) in [7, 11) is 0. The fourth-order valence-corrected chi connectivity index (χ4v) is 5.31. The first-order valence-corrected chi connectivity index (χ1v) is 12.6. The number of benzene rings is 4. The molecule has 0 saturated carbocycles. The molecule has 0 unspecified atom stereocenters. The van der Waals surface area contributed by atoms with E-state index in [2.05, 4.69) is 0 Å². The lowest BCUT2D eigenvalue weighted by Crippen LogP contribution is -2.33. The Labute approximate surface area is 217 Å². The van der Waals surface area contributed by atoms with Crippen LogP contribution in [0.25, 0.3) is 11.1 Å². The number of carbonyl (C=O) groups is 2. The average Bonchev–Trinajstić information content (AvgIpc) is 3.17. The van der Waals surface area contributed by atoms with E-state index in [1.165, 1.54) is 0 Å².